The molecule has 0 N–H and O–H groups in total. The van der Waals surface area contributed by atoms with Crippen LogP contribution in [-0.2, 0) is 12.5 Å². The number of nitrogens with zero attached hydrogens (tertiary/aromatic N) is 4. The Hall–Kier alpha value is -2.01. The molecular formula is C19H25ClN4O. The van der Waals surface area contributed by atoms with E-state index in [2.05, 4.69) is 30.8 Å². The minimum atomic E-state index is -0.0659. The number of rotatable bonds is 2. The van der Waals surface area contributed by atoms with Gasteiger partial charge in [-0.25, -0.2) is 0 Å². The van der Waals surface area contributed by atoms with Gasteiger partial charge in [0.15, 0.2) is 0 Å². The average molecular weight is 361 g/mol. The Labute approximate surface area is 154 Å². The van der Waals surface area contributed by atoms with E-state index in [-0.39, 0.29) is 11.3 Å². The first-order valence-electron chi connectivity index (χ1n) is 8.60. The molecular weight excluding hydrogens is 336 g/mol. The lowest BCUT2D eigenvalue weighted by molar-refractivity contribution is 0.0735. The molecule has 0 radical (unpaired) electrons. The van der Waals surface area contributed by atoms with Crippen LogP contribution in [0.3, 0.4) is 0 Å². The molecule has 134 valence electrons. The Morgan fingerprint density at radius 1 is 1.08 bits per heavy atom. The maximum atomic E-state index is 12.9. The van der Waals surface area contributed by atoms with Crippen LogP contribution in [0.2, 0.25) is 5.02 Å². The Kier molecular flexibility index (Phi) is 4.78. The smallest absolute Gasteiger partial charge is 0.272 e. The summed E-state index contributed by atoms with van der Waals surface area (Å²) >= 11 is 5.95. The topological polar surface area (TPSA) is 41.4 Å². The summed E-state index contributed by atoms with van der Waals surface area (Å²) in [5.74, 6) is 0.0567. The van der Waals surface area contributed by atoms with Crippen LogP contribution < -0.4 is 4.90 Å². The number of hydrogen-bond donors (Lipinski definition) is 0. The largest absolute Gasteiger partial charge is 0.368 e. The summed E-state index contributed by atoms with van der Waals surface area (Å²) < 4.78 is 1.70. The number of aryl methyl sites for hydroxylation is 1. The van der Waals surface area contributed by atoms with Crippen molar-refractivity contribution in [1.29, 1.82) is 0 Å². The highest BCUT2D eigenvalue weighted by molar-refractivity contribution is 6.30. The third kappa shape index (κ3) is 3.82. The van der Waals surface area contributed by atoms with Crippen LogP contribution in [0.4, 0.5) is 5.69 Å². The minimum absolute atomic E-state index is 0.0567. The van der Waals surface area contributed by atoms with E-state index in [0.717, 1.165) is 29.5 Å². The monoisotopic (exact) mass is 360 g/mol. The second-order valence-corrected chi connectivity index (χ2v) is 7.98. The van der Waals surface area contributed by atoms with Gasteiger partial charge in [0.25, 0.3) is 5.91 Å². The summed E-state index contributed by atoms with van der Waals surface area (Å²) in [5, 5.41) is 5.25. The van der Waals surface area contributed by atoms with E-state index in [1.807, 2.05) is 42.3 Å². The van der Waals surface area contributed by atoms with Gasteiger partial charge in [-0.15, -0.1) is 0 Å². The Morgan fingerprint density at radius 3 is 2.20 bits per heavy atom. The van der Waals surface area contributed by atoms with Crippen molar-refractivity contribution in [2.24, 2.45) is 7.05 Å². The number of aromatic nitrogens is 2. The van der Waals surface area contributed by atoms with Gasteiger partial charge < -0.3 is 9.80 Å². The Morgan fingerprint density at radius 2 is 1.68 bits per heavy atom. The first-order valence-corrected chi connectivity index (χ1v) is 8.98. The lowest BCUT2D eigenvalue weighted by Gasteiger charge is -2.36. The van der Waals surface area contributed by atoms with Crippen LogP contribution in [0.1, 0.15) is 37.0 Å². The average Bonchev–Trinajstić information content (AvgIpc) is 2.97. The highest BCUT2D eigenvalue weighted by atomic mass is 35.5. The normalized spacial score (nSPS) is 15.6. The maximum absolute atomic E-state index is 12.9. The van der Waals surface area contributed by atoms with Crippen molar-refractivity contribution in [2.75, 3.05) is 31.1 Å². The van der Waals surface area contributed by atoms with Crippen molar-refractivity contribution in [3.05, 3.63) is 46.7 Å². The van der Waals surface area contributed by atoms with Crippen LogP contribution in [0.25, 0.3) is 0 Å². The molecule has 3 rings (SSSR count). The van der Waals surface area contributed by atoms with Crippen molar-refractivity contribution in [1.82, 2.24) is 14.7 Å². The van der Waals surface area contributed by atoms with Crippen LogP contribution >= 0.6 is 11.6 Å². The number of anilines is 1. The standard InChI is InChI=1S/C19H25ClN4O/c1-19(2,3)17-13-16(22(4)21-17)18(25)24-11-9-23(10-12-24)15-7-5-14(20)6-8-15/h5-8,13H,9-12H2,1-4H3. The molecule has 6 heteroatoms. The van der Waals surface area contributed by atoms with E-state index < -0.39 is 0 Å². The van der Waals surface area contributed by atoms with Crippen LogP contribution in [-0.4, -0.2) is 46.8 Å². The molecule has 1 amide bonds. The third-order valence-electron chi connectivity index (χ3n) is 4.63. The number of halogens is 1. The number of carbonyl (C=O) groups excluding carboxylic acids is 1. The van der Waals surface area contributed by atoms with Crippen molar-refractivity contribution in [2.45, 2.75) is 26.2 Å². The van der Waals surface area contributed by atoms with Crippen molar-refractivity contribution in [3.63, 3.8) is 0 Å². The van der Waals surface area contributed by atoms with Crippen LogP contribution in [0.15, 0.2) is 30.3 Å². The van der Waals surface area contributed by atoms with Crippen molar-refractivity contribution < 1.29 is 4.79 Å². The molecule has 1 aromatic carbocycles. The summed E-state index contributed by atoms with van der Waals surface area (Å²) in [6.07, 6.45) is 0. The number of carbonyl (C=O) groups is 1. The second kappa shape index (κ2) is 6.71. The predicted molar refractivity (Wildman–Crippen MR) is 101 cm³/mol. The fourth-order valence-electron chi connectivity index (χ4n) is 3.02. The van der Waals surface area contributed by atoms with Gasteiger partial charge in [0.05, 0.1) is 5.69 Å². The minimum Gasteiger partial charge on any atom is -0.368 e. The molecule has 0 spiro atoms. The summed E-state index contributed by atoms with van der Waals surface area (Å²) in [4.78, 5) is 17.1. The van der Waals surface area contributed by atoms with Gasteiger partial charge >= 0.3 is 0 Å². The SMILES string of the molecule is Cn1nc(C(C)(C)C)cc1C(=O)N1CCN(c2ccc(Cl)cc2)CC1. The van der Waals surface area contributed by atoms with Gasteiger partial charge in [-0.1, -0.05) is 32.4 Å². The molecule has 1 aromatic heterocycles. The summed E-state index contributed by atoms with van der Waals surface area (Å²) in [6.45, 7) is 9.36. The molecule has 1 saturated heterocycles. The van der Waals surface area contributed by atoms with Gasteiger partial charge in [-0.05, 0) is 30.3 Å². The van der Waals surface area contributed by atoms with E-state index in [1.165, 1.54) is 0 Å². The molecule has 0 aliphatic carbocycles. The fraction of sp³-hybridized carbons (Fsp3) is 0.474. The number of hydrogen-bond acceptors (Lipinski definition) is 3. The Bertz CT molecular complexity index is 753. The molecule has 0 bridgehead atoms. The van der Waals surface area contributed by atoms with E-state index in [9.17, 15) is 4.79 Å². The van der Waals surface area contributed by atoms with E-state index in [1.54, 1.807) is 4.68 Å². The molecule has 1 aliphatic rings. The number of benzene rings is 1. The molecule has 25 heavy (non-hydrogen) atoms. The van der Waals surface area contributed by atoms with Gasteiger partial charge in [0, 0.05) is 49.4 Å². The zero-order valence-electron chi connectivity index (χ0n) is 15.3. The van der Waals surface area contributed by atoms with Gasteiger partial charge in [-0.3, -0.25) is 9.48 Å². The molecule has 0 unspecified atom stereocenters. The molecule has 2 heterocycles. The first-order chi connectivity index (χ1) is 11.8. The van der Waals surface area contributed by atoms with E-state index in [0.29, 0.717) is 18.8 Å². The highest BCUT2D eigenvalue weighted by Gasteiger charge is 2.27. The Balaban J connectivity index is 1.67. The van der Waals surface area contributed by atoms with Crippen molar-refractivity contribution in [3.8, 4) is 0 Å². The summed E-state index contributed by atoms with van der Waals surface area (Å²) in [6, 6.07) is 9.77. The second-order valence-electron chi connectivity index (χ2n) is 7.54. The molecule has 1 fully saturated rings. The van der Waals surface area contributed by atoms with Gasteiger partial charge in [-0.2, -0.15) is 5.10 Å². The van der Waals surface area contributed by atoms with Crippen molar-refractivity contribution >= 4 is 23.2 Å². The third-order valence-corrected chi connectivity index (χ3v) is 4.88. The zero-order chi connectivity index (χ0) is 18.2. The molecule has 2 aromatic rings. The molecule has 5 nitrogen and oxygen atoms in total. The lowest BCUT2D eigenvalue weighted by atomic mass is 9.92. The zero-order valence-corrected chi connectivity index (χ0v) is 16.0. The fourth-order valence-corrected chi connectivity index (χ4v) is 3.14. The highest BCUT2D eigenvalue weighted by Crippen LogP contribution is 2.23. The summed E-state index contributed by atoms with van der Waals surface area (Å²) in [7, 11) is 1.84. The molecule has 0 atom stereocenters. The quantitative estimate of drug-likeness (QED) is 0.824. The first kappa shape index (κ1) is 17.8. The number of amides is 1. The van der Waals surface area contributed by atoms with E-state index >= 15 is 0 Å². The number of piperazine rings is 1. The maximum Gasteiger partial charge on any atom is 0.272 e. The predicted octanol–water partition coefficient (Wildman–Crippen LogP) is 3.33. The van der Waals surface area contributed by atoms with E-state index in [4.69, 9.17) is 11.6 Å². The summed E-state index contributed by atoms with van der Waals surface area (Å²) in [5.41, 5.74) is 2.68. The molecule has 0 saturated carbocycles. The van der Waals surface area contributed by atoms with Gasteiger partial charge in [0.2, 0.25) is 0 Å². The van der Waals surface area contributed by atoms with Gasteiger partial charge in [0.1, 0.15) is 5.69 Å². The van der Waals surface area contributed by atoms with Crippen LogP contribution in [0.5, 0.6) is 0 Å². The lowest BCUT2D eigenvalue weighted by Crippen LogP contribution is -2.49. The van der Waals surface area contributed by atoms with Crippen LogP contribution in [0, 0.1) is 0 Å². The molecule has 1 aliphatic heterocycles.